The van der Waals surface area contributed by atoms with Gasteiger partial charge in [0, 0.05) is 21.8 Å². The summed E-state index contributed by atoms with van der Waals surface area (Å²) < 4.78 is 0. The predicted molar refractivity (Wildman–Crippen MR) is 82.2 cm³/mol. The Morgan fingerprint density at radius 1 is 1.22 bits per heavy atom. The first kappa shape index (κ1) is 15.7. The first-order chi connectivity index (χ1) is 8.54. The van der Waals surface area contributed by atoms with Crippen LogP contribution >= 0.6 is 11.3 Å². The lowest BCUT2D eigenvalue weighted by Gasteiger charge is -2.38. The number of thiophene rings is 1. The molecule has 3 unspecified atom stereocenters. The van der Waals surface area contributed by atoms with Crippen LogP contribution in [0.4, 0.5) is 0 Å². The molecule has 0 aliphatic heterocycles. The van der Waals surface area contributed by atoms with Crippen molar-refractivity contribution in [2.75, 3.05) is 6.54 Å². The molecule has 0 fully saturated rings. The van der Waals surface area contributed by atoms with Crippen molar-refractivity contribution in [1.29, 1.82) is 0 Å². The second kappa shape index (κ2) is 7.27. The highest BCUT2D eigenvalue weighted by molar-refractivity contribution is 7.12. The van der Waals surface area contributed by atoms with Gasteiger partial charge in [-0.1, -0.05) is 20.8 Å². The maximum Gasteiger partial charge on any atom is 0.0595 e. The highest BCUT2D eigenvalue weighted by Gasteiger charge is 2.28. The minimum atomic E-state index is 0.219. The standard InChI is InChI=1S/C15H28N2S/c1-6-11(4)17(8-3)15(13(16)7-2)14-10-9-12(5)18-14/h9-11,13,15H,6-8,16H2,1-5H3. The lowest BCUT2D eigenvalue weighted by molar-refractivity contribution is 0.128. The summed E-state index contributed by atoms with van der Waals surface area (Å²) in [5.41, 5.74) is 6.39. The highest BCUT2D eigenvalue weighted by atomic mass is 32.1. The summed E-state index contributed by atoms with van der Waals surface area (Å²) in [7, 11) is 0. The maximum atomic E-state index is 6.39. The van der Waals surface area contributed by atoms with Crippen LogP contribution in [-0.4, -0.2) is 23.5 Å². The topological polar surface area (TPSA) is 29.3 Å². The Hall–Kier alpha value is -0.380. The molecule has 0 saturated carbocycles. The molecule has 1 aromatic rings. The fourth-order valence-corrected chi connectivity index (χ4v) is 3.55. The maximum absolute atomic E-state index is 6.39. The number of nitrogens with zero attached hydrogens (tertiary/aromatic N) is 1. The average Bonchev–Trinajstić information content (AvgIpc) is 2.80. The van der Waals surface area contributed by atoms with Crippen molar-refractivity contribution < 1.29 is 0 Å². The lowest BCUT2D eigenvalue weighted by Crippen LogP contribution is -2.44. The van der Waals surface area contributed by atoms with Gasteiger partial charge in [-0.3, -0.25) is 4.90 Å². The first-order valence-electron chi connectivity index (χ1n) is 7.12. The van der Waals surface area contributed by atoms with E-state index < -0.39 is 0 Å². The van der Waals surface area contributed by atoms with Crippen molar-refractivity contribution in [3.05, 3.63) is 21.9 Å². The van der Waals surface area contributed by atoms with E-state index in [2.05, 4.69) is 51.7 Å². The summed E-state index contributed by atoms with van der Waals surface area (Å²) in [6.07, 6.45) is 2.19. The normalized spacial score (nSPS) is 16.8. The molecule has 0 radical (unpaired) electrons. The smallest absolute Gasteiger partial charge is 0.0595 e. The van der Waals surface area contributed by atoms with E-state index >= 15 is 0 Å². The van der Waals surface area contributed by atoms with Crippen LogP contribution in [-0.2, 0) is 0 Å². The van der Waals surface area contributed by atoms with Crippen LogP contribution in [0, 0.1) is 6.92 Å². The second-order valence-electron chi connectivity index (χ2n) is 5.05. The Morgan fingerprint density at radius 2 is 1.89 bits per heavy atom. The van der Waals surface area contributed by atoms with Crippen LogP contribution in [0.25, 0.3) is 0 Å². The largest absolute Gasteiger partial charge is 0.326 e. The van der Waals surface area contributed by atoms with E-state index in [1.165, 1.54) is 16.2 Å². The molecule has 0 aliphatic rings. The molecule has 2 N–H and O–H groups in total. The quantitative estimate of drug-likeness (QED) is 0.811. The first-order valence-corrected chi connectivity index (χ1v) is 7.94. The van der Waals surface area contributed by atoms with Crippen molar-refractivity contribution in [2.24, 2.45) is 5.73 Å². The van der Waals surface area contributed by atoms with Crippen molar-refractivity contribution in [2.45, 2.75) is 65.6 Å². The summed E-state index contributed by atoms with van der Waals surface area (Å²) in [5.74, 6) is 0. The third-order valence-electron chi connectivity index (χ3n) is 3.81. The van der Waals surface area contributed by atoms with Crippen molar-refractivity contribution >= 4 is 11.3 Å². The number of hydrogen-bond donors (Lipinski definition) is 1. The summed E-state index contributed by atoms with van der Waals surface area (Å²) in [6, 6.07) is 5.64. The SMILES string of the molecule is CCC(N)C(c1ccc(C)s1)N(CC)C(C)CC. The van der Waals surface area contributed by atoms with E-state index in [4.69, 9.17) is 5.73 Å². The van der Waals surface area contributed by atoms with Crippen LogP contribution in [0.2, 0.25) is 0 Å². The molecule has 18 heavy (non-hydrogen) atoms. The number of aryl methyl sites for hydroxylation is 1. The minimum absolute atomic E-state index is 0.219. The minimum Gasteiger partial charge on any atom is -0.326 e. The van der Waals surface area contributed by atoms with Gasteiger partial charge in [-0.2, -0.15) is 0 Å². The van der Waals surface area contributed by atoms with E-state index in [1.54, 1.807) is 0 Å². The molecule has 3 atom stereocenters. The Bertz CT molecular complexity index is 348. The molecular weight excluding hydrogens is 240 g/mol. The van der Waals surface area contributed by atoms with Gasteiger partial charge >= 0.3 is 0 Å². The molecule has 1 rings (SSSR count). The molecule has 0 saturated heterocycles. The fourth-order valence-electron chi connectivity index (χ4n) is 2.47. The summed E-state index contributed by atoms with van der Waals surface area (Å²) >= 11 is 1.89. The molecule has 0 aromatic carbocycles. The van der Waals surface area contributed by atoms with Gasteiger partial charge in [0.2, 0.25) is 0 Å². The summed E-state index contributed by atoms with van der Waals surface area (Å²) in [4.78, 5) is 5.35. The van der Waals surface area contributed by atoms with Gasteiger partial charge in [0.15, 0.2) is 0 Å². The number of hydrogen-bond acceptors (Lipinski definition) is 3. The molecule has 2 nitrogen and oxygen atoms in total. The fraction of sp³-hybridized carbons (Fsp3) is 0.733. The molecule has 0 amide bonds. The van der Waals surface area contributed by atoms with Gasteiger partial charge in [0.05, 0.1) is 6.04 Å². The van der Waals surface area contributed by atoms with Gasteiger partial charge in [0.1, 0.15) is 0 Å². The predicted octanol–water partition coefficient (Wildman–Crippen LogP) is 3.96. The van der Waals surface area contributed by atoms with Crippen LogP contribution in [0.3, 0.4) is 0 Å². The van der Waals surface area contributed by atoms with Gasteiger partial charge in [-0.25, -0.2) is 0 Å². The Kier molecular flexibility index (Phi) is 6.33. The van der Waals surface area contributed by atoms with Crippen LogP contribution in [0.15, 0.2) is 12.1 Å². The second-order valence-corrected chi connectivity index (χ2v) is 6.37. The van der Waals surface area contributed by atoms with Gasteiger partial charge in [-0.15, -0.1) is 11.3 Å². The van der Waals surface area contributed by atoms with Gasteiger partial charge < -0.3 is 5.73 Å². The van der Waals surface area contributed by atoms with E-state index in [0.717, 1.165) is 13.0 Å². The zero-order chi connectivity index (χ0) is 13.7. The molecule has 3 heteroatoms. The zero-order valence-corrected chi connectivity index (χ0v) is 13.3. The third kappa shape index (κ3) is 3.56. The van der Waals surface area contributed by atoms with Crippen molar-refractivity contribution in [3.8, 4) is 0 Å². The van der Waals surface area contributed by atoms with Crippen molar-refractivity contribution in [3.63, 3.8) is 0 Å². The van der Waals surface area contributed by atoms with E-state index in [-0.39, 0.29) is 6.04 Å². The number of nitrogens with two attached hydrogens (primary N) is 1. The molecule has 1 aromatic heterocycles. The Balaban J connectivity index is 3.03. The average molecular weight is 268 g/mol. The summed E-state index contributed by atoms with van der Waals surface area (Å²) in [6.45, 7) is 12.2. The Morgan fingerprint density at radius 3 is 2.28 bits per heavy atom. The third-order valence-corrected chi connectivity index (χ3v) is 4.88. The Labute approximate surface area is 116 Å². The molecule has 0 bridgehead atoms. The van der Waals surface area contributed by atoms with Crippen LogP contribution in [0.5, 0.6) is 0 Å². The lowest BCUT2D eigenvalue weighted by atomic mass is 10.0. The zero-order valence-electron chi connectivity index (χ0n) is 12.4. The molecule has 0 aliphatic carbocycles. The monoisotopic (exact) mass is 268 g/mol. The summed E-state index contributed by atoms with van der Waals surface area (Å²) in [5, 5.41) is 0. The van der Waals surface area contributed by atoms with Gasteiger partial charge in [-0.05, 0) is 45.4 Å². The van der Waals surface area contributed by atoms with E-state index in [0.29, 0.717) is 12.1 Å². The van der Waals surface area contributed by atoms with Gasteiger partial charge in [0.25, 0.3) is 0 Å². The number of rotatable bonds is 7. The molecular formula is C15H28N2S. The molecule has 1 heterocycles. The molecule has 0 spiro atoms. The number of likely N-dealkylation sites (N-methyl/N-ethyl adjacent to an activating group) is 1. The van der Waals surface area contributed by atoms with E-state index in [1.807, 2.05) is 11.3 Å². The van der Waals surface area contributed by atoms with Crippen LogP contribution < -0.4 is 5.73 Å². The van der Waals surface area contributed by atoms with E-state index in [9.17, 15) is 0 Å². The van der Waals surface area contributed by atoms with Crippen molar-refractivity contribution in [1.82, 2.24) is 4.90 Å². The molecule has 104 valence electrons. The highest BCUT2D eigenvalue weighted by Crippen LogP contribution is 2.32. The van der Waals surface area contributed by atoms with Crippen LogP contribution in [0.1, 0.15) is 56.3 Å².